The van der Waals surface area contributed by atoms with Crippen molar-refractivity contribution in [3.63, 3.8) is 0 Å². The molecule has 0 bridgehead atoms. The van der Waals surface area contributed by atoms with Crippen molar-refractivity contribution in [1.29, 1.82) is 0 Å². The average Bonchev–Trinajstić information content (AvgIpc) is 2.71. The summed E-state index contributed by atoms with van der Waals surface area (Å²) in [5.74, 6) is 0.761. The number of benzene rings is 3. The Morgan fingerprint density at radius 1 is 0.828 bits per heavy atom. The first-order chi connectivity index (χ1) is 14.0. The third kappa shape index (κ3) is 6.00. The molecule has 3 rings (SSSR count). The second-order valence-electron chi connectivity index (χ2n) is 6.22. The summed E-state index contributed by atoms with van der Waals surface area (Å²) in [5.41, 5.74) is 0.461. The van der Waals surface area contributed by atoms with Gasteiger partial charge in [-0.3, -0.25) is 0 Å². The molecule has 0 aliphatic rings. The van der Waals surface area contributed by atoms with Gasteiger partial charge in [-0.25, -0.2) is 8.42 Å². The molecule has 3 aromatic rings. The van der Waals surface area contributed by atoms with Crippen LogP contribution in [0, 0.1) is 0 Å². The van der Waals surface area contributed by atoms with Gasteiger partial charge in [0.15, 0.2) is 14.7 Å². The number of hydrogen-bond donors (Lipinski definition) is 0. The van der Waals surface area contributed by atoms with Crippen molar-refractivity contribution in [2.45, 2.75) is 14.7 Å². The minimum Gasteiger partial charge on any atom is -0.573 e. The van der Waals surface area contributed by atoms with Crippen LogP contribution in [0.3, 0.4) is 0 Å². The first-order valence-electron chi connectivity index (χ1n) is 9.01. The van der Waals surface area contributed by atoms with Crippen LogP contribution in [0.25, 0.3) is 4.72 Å². The fraction of sp³-hybridized carbons (Fsp3) is 0.182. The largest absolute Gasteiger partial charge is 0.573 e. The molecule has 152 valence electrons. The zero-order chi connectivity index (χ0) is 20.7. The van der Waals surface area contributed by atoms with E-state index in [1.165, 1.54) is 0 Å². The summed E-state index contributed by atoms with van der Waals surface area (Å²) < 4.78 is 38.3. The second kappa shape index (κ2) is 9.82. The predicted molar refractivity (Wildman–Crippen MR) is 117 cm³/mol. The Morgan fingerprint density at radius 2 is 1.45 bits per heavy atom. The van der Waals surface area contributed by atoms with Crippen LogP contribution in [0.15, 0.2) is 93.5 Å². The molecule has 0 aliphatic heterocycles. The molecule has 0 saturated carbocycles. The average molecular weight is 430 g/mol. The van der Waals surface area contributed by atoms with E-state index in [0.29, 0.717) is 18.9 Å². The molecule has 1 atom stereocenters. The highest BCUT2D eigenvalue weighted by Gasteiger charge is 2.29. The lowest BCUT2D eigenvalue weighted by atomic mass is 10.3. The van der Waals surface area contributed by atoms with Crippen LogP contribution in [0.2, 0.25) is 0 Å². The molecule has 5 nitrogen and oxygen atoms in total. The van der Waals surface area contributed by atoms with Crippen molar-refractivity contribution in [3.05, 3.63) is 83.6 Å². The molecule has 7 heteroatoms. The highest BCUT2D eigenvalue weighted by atomic mass is 32.2. The first kappa shape index (κ1) is 21.2. The Balaban J connectivity index is 2.02. The van der Waals surface area contributed by atoms with E-state index in [4.69, 9.17) is 9.47 Å². The summed E-state index contributed by atoms with van der Waals surface area (Å²) in [7, 11) is -2.40. The summed E-state index contributed by atoms with van der Waals surface area (Å²) in [6, 6.07) is 25.2. The second-order valence-corrected chi connectivity index (χ2v) is 9.87. The SMILES string of the molecule is COCCOc1ccc([S+](c2ccccc2)c2ccccc2[N-]S(C)(=O)=O)cc1. The van der Waals surface area contributed by atoms with Gasteiger partial charge in [0.1, 0.15) is 12.4 Å². The Morgan fingerprint density at radius 3 is 2.10 bits per heavy atom. The van der Waals surface area contributed by atoms with Gasteiger partial charge in [0.25, 0.3) is 0 Å². The van der Waals surface area contributed by atoms with E-state index in [0.717, 1.165) is 26.7 Å². The molecule has 0 N–H and O–H groups in total. The van der Waals surface area contributed by atoms with Crippen LogP contribution >= 0.6 is 0 Å². The van der Waals surface area contributed by atoms with Crippen LogP contribution in [-0.2, 0) is 25.7 Å². The molecule has 0 spiro atoms. The van der Waals surface area contributed by atoms with Gasteiger partial charge in [0.2, 0.25) is 0 Å². The van der Waals surface area contributed by atoms with Gasteiger partial charge in [-0.2, -0.15) is 0 Å². The van der Waals surface area contributed by atoms with Gasteiger partial charge >= 0.3 is 0 Å². The van der Waals surface area contributed by atoms with Gasteiger partial charge in [-0.05, 0) is 42.5 Å². The van der Waals surface area contributed by atoms with Crippen LogP contribution in [0.1, 0.15) is 0 Å². The molecule has 0 saturated heterocycles. The highest BCUT2D eigenvalue weighted by Crippen LogP contribution is 2.39. The first-order valence-corrected chi connectivity index (χ1v) is 12.1. The Kier molecular flexibility index (Phi) is 7.19. The lowest BCUT2D eigenvalue weighted by Gasteiger charge is -2.21. The van der Waals surface area contributed by atoms with Gasteiger partial charge in [-0.1, -0.05) is 42.1 Å². The van der Waals surface area contributed by atoms with Crippen LogP contribution in [0.4, 0.5) is 5.69 Å². The van der Waals surface area contributed by atoms with Crippen molar-refractivity contribution in [1.82, 2.24) is 0 Å². The maximum absolute atomic E-state index is 11.8. The Bertz CT molecular complexity index is 1020. The number of nitrogens with zero attached hydrogens (tertiary/aromatic N) is 1. The van der Waals surface area contributed by atoms with Crippen molar-refractivity contribution >= 4 is 26.6 Å². The van der Waals surface area contributed by atoms with Crippen LogP contribution in [0.5, 0.6) is 5.75 Å². The van der Waals surface area contributed by atoms with Gasteiger partial charge in [0.05, 0.1) is 27.5 Å². The zero-order valence-corrected chi connectivity index (χ0v) is 17.9. The van der Waals surface area contributed by atoms with Gasteiger partial charge in [0, 0.05) is 13.4 Å². The molecule has 0 aromatic heterocycles. The van der Waals surface area contributed by atoms with E-state index < -0.39 is 20.9 Å². The van der Waals surface area contributed by atoms with E-state index in [1.807, 2.05) is 66.7 Å². The van der Waals surface area contributed by atoms with E-state index in [9.17, 15) is 8.42 Å². The minimum atomic E-state index is -3.52. The summed E-state index contributed by atoms with van der Waals surface area (Å²) in [4.78, 5) is 2.99. The quantitative estimate of drug-likeness (QED) is 0.363. The van der Waals surface area contributed by atoms with E-state index in [2.05, 4.69) is 4.72 Å². The molecule has 0 aliphatic carbocycles. The standard InChI is InChI=1S/C22H23NO4S2/c1-26-16-17-27-18-12-14-20(15-13-18)28(19-8-4-3-5-9-19)22-11-7-6-10-21(22)23-29(2,24)25/h3-15H,16-17H2,1-2H3. The fourth-order valence-electron chi connectivity index (χ4n) is 2.75. The van der Waals surface area contributed by atoms with Crippen molar-refractivity contribution in [3.8, 4) is 5.75 Å². The predicted octanol–water partition coefficient (Wildman–Crippen LogP) is 4.77. The zero-order valence-electron chi connectivity index (χ0n) is 16.3. The third-order valence-corrected chi connectivity index (χ3v) is 6.74. The number of ether oxygens (including phenoxy) is 2. The summed E-state index contributed by atoms with van der Waals surface area (Å²) in [5, 5.41) is 0. The summed E-state index contributed by atoms with van der Waals surface area (Å²) >= 11 is 0. The molecule has 0 fully saturated rings. The lowest BCUT2D eigenvalue weighted by Crippen LogP contribution is -2.07. The maximum atomic E-state index is 11.8. The van der Waals surface area contributed by atoms with Crippen LogP contribution in [-0.4, -0.2) is 35.0 Å². The Hall–Kier alpha value is -2.48. The van der Waals surface area contributed by atoms with Crippen molar-refractivity contribution < 1.29 is 17.9 Å². The fourth-order valence-corrected chi connectivity index (χ4v) is 5.47. The van der Waals surface area contributed by atoms with E-state index >= 15 is 0 Å². The minimum absolute atomic E-state index is 0.461. The van der Waals surface area contributed by atoms with Crippen molar-refractivity contribution in [2.75, 3.05) is 26.6 Å². The number of sulfonamides is 1. The molecule has 3 aromatic carbocycles. The van der Waals surface area contributed by atoms with Crippen molar-refractivity contribution in [2.24, 2.45) is 0 Å². The topological polar surface area (TPSA) is 66.7 Å². The monoisotopic (exact) mass is 429 g/mol. The molecular weight excluding hydrogens is 406 g/mol. The number of methoxy groups -OCH3 is 1. The normalized spacial score (nSPS) is 12.3. The smallest absolute Gasteiger partial charge is 0.166 e. The Labute approximate surface area is 175 Å². The maximum Gasteiger partial charge on any atom is 0.166 e. The van der Waals surface area contributed by atoms with Crippen LogP contribution < -0.4 is 4.74 Å². The molecule has 0 radical (unpaired) electrons. The van der Waals surface area contributed by atoms with Gasteiger partial charge < -0.3 is 14.2 Å². The highest BCUT2D eigenvalue weighted by molar-refractivity contribution is 7.97. The number of hydrogen-bond acceptors (Lipinski definition) is 4. The van der Waals surface area contributed by atoms with E-state index in [1.54, 1.807) is 19.2 Å². The van der Waals surface area contributed by atoms with Gasteiger partial charge in [-0.15, -0.1) is 0 Å². The molecular formula is C22H23NO4S2. The lowest BCUT2D eigenvalue weighted by molar-refractivity contribution is 0.146. The summed E-state index contributed by atoms with van der Waals surface area (Å²) in [6.07, 6.45) is 1.11. The van der Waals surface area contributed by atoms with E-state index in [-0.39, 0.29) is 0 Å². The third-order valence-electron chi connectivity index (χ3n) is 3.94. The summed E-state index contributed by atoms with van der Waals surface area (Å²) in [6.45, 7) is 1.01. The molecule has 0 heterocycles. The molecule has 1 unspecified atom stereocenters. The number of rotatable bonds is 9. The molecule has 29 heavy (non-hydrogen) atoms. The molecule has 0 amide bonds.